The maximum Gasteiger partial charge on any atom is 0.328 e. The van der Waals surface area contributed by atoms with Crippen LogP contribution in [0.5, 0.6) is 0 Å². The van der Waals surface area contributed by atoms with Crippen molar-refractivity contribution in [3.05, 3.63) is 35.7 Å². The predicted molar refractivity (Wildman–Crippen MR) is 78.1 cm³/mol. The molecule has 1 aliphatic rings. The molecular formula is C16H20FNO2. The predicted octanol–water partition coefficient (Wildman–Crippen LogP) is 3.39. The van der Waals surface area contributed by atoms with Gasteiger partial charge in [-0.3, -0.25) is 0 Å². The maximum atomic E-state index is 13.6. The molecule has 1 atom stereocenters. The molecule has 0 spiro atoms. The molecule has 0 fully saturated rings. The molecule has 0 radical (unpaired) electrons. The van der Waals surface area contributed by atoms with Gasteiger partial charge in [0.2, 0.25) is 0 Å². The van der Waals surface area contributed by atoms with Gasteiger partial charge in [-0.1, -0.05) is 6.08 Å². The second-order valence-electron chi connectivity index (χ2n) is 5.71. The third-order valence-electron chi connectivity index (χ3n) is 3.76. The minimum atomic E-state index is -0.486. The number of benzene rings is 1. The molecule has 1 aromatic rings. The Bertz CT molecular complexity index is 578. The first-order valence-electron chi connectivity index (χ1n) is 6.64. The fourth-order valence-electron chi connectivity index (χ4n) is 3.01. The van der Waals surface area contributed by atoms with Crippen LogP contribution in [0.2, 0.25) is 0 Å². The highest BCUT2D eigenvalue weighted by atomic mass is 19.1. The molecule has 3 nitrogen and oxygen atoms in total. The van der Waals surface area contributed by atoms with Gasteiger partial charge in [-0.2, -0.15) is 0 Å². The first-order chi connectivity index (χ1) is 9.27. The SMILES string of the molecule is COC(=O)[C@H](C)N1c2cc(F)ccc2C(C)=CC1(C)C. The summed E-state index contributed by atoms with van der Waals surface area (Å²) in [7, 11) is 1.36. The molecule has 0 bridgehead atoms. The van der Waals surface area contributed by atoms with E-state index < -0.39 is 11.6 Å². The van der Waals surface area contributed by atoms with Crippen molar-refractivity contribution in [2.75, 3.05) is 12.0 Å². The van der Waals surface area contributed by atoms with Crippen LogP contribution in [0.15, 0.2) is 24.3 Å². The summed E-state index contributed by atoms with van der Waals surface area (Å²) < 4.78 is 18.5. The average molecular weight is 277 g/mol. The Morgan fingerprint density at radius 3 is 2.65 bits per heavy atom. The summed E-state index contributed by atoms with van der Waals surface area (Å²) in [4.78, 5) is 13.8. The Kier molecular flexibility index (Phi) is 3.59. The number of allylic oxidation sites excluding steroid dienone is 1. The molecule has 1 heterocycles. The molecule has 0 aliphatic carbocycles. The molecule has 0 aromatic heterocycles. The van der Waals surface area contributed by atoms with Gasteiger partial charge in [0.15, 0.2) is 0 Å². The maximum absolute atomic E-state index is 13.6. The number of halogens is 1. The molecule has 108 valence electrons. The van der Waals surface area contributed by atoms with Gasteiger partial charge in [0, 0.05) is 11.3 Å². The standard InChI is InChI=1S/C16H20FNO2/c1-10-9-16(3,4)18(11(2)15(19)20-5)14-8-12(17)6-7-13(10)14/h6-9,11H,1-5H3/t11-/m0/s1. The number of esters is 1. The van der Waals surface area contributed by atoms with Crippen LogP contribution in [0.3, 0.4) is 0 Å². The van der Waals surface area contributed by atoms with E-state index in [0.29, 0.717) is 0 Å². The van der Waals surface area contributed by atoms with E-state index in [9.17, 15) is 9.18 Å². The number of anilines is 1. The number of hydrogen-bond donors (Lipinski definition) is 0. The van der Waals surface area contributed by atoms with Gasteiger partial charge in [0.25, 0.3) is 0 Å². The van der Waals surface area contributed by atoms with Crippen molar-refractivity contribution >= 4 is 17.2 Å². The molecule has 0 saturated carbocycles. The van der Waals surface area contributed by atoms with Gasteiger partial charge < -0.3 is 9.64 Å². The third-order valence-corrected chi connectivity index (χ3v) is 3.76. The molecular weight excluding hydrogens is 257 g/mol. The van der Waals surface area contributed by atoms with Gasteiger partial charge in [-0.25, -0.2) is 9.18 Å². The van der Waals surface area contributed by atoms with Gasteiger partial charge in [0.05, 0.1) is 12.6 Å². The van der Waals surface area contributed by atoms with Gasteiger partial charge in [-0.15, -0.1) is 0 Å². The van der Waals surface area contributed by atoms with E-state index in [-0.39, 0.29) is 11.8 Å². The molecule has 0 N–H and O–H groups in total. The number of fused-ring (bicyclic) bond motifs is 1. The number of rotatable bonds is 2. The normalized spacial score (nSPS) is 18.1. The lowest BCUT2D eigenvalue weighted by molar-refractivity contribution is -0.142. The van der Waals surface area contributed by atoms with Crippen molar-refractivity contribution in [3.8, 4) is 0 Å². The molecule has 1 aliphatic heterocycles. The van der Waals surface area contributed by atoms with Gasteiger partial charge in [-0.05, 0) is 51.5 Å². The molecule has 0 saturated heterocycles. The van der Waals surface area contributed by atoms with Crippen molar-refractivity contribution in [1.82, 2.24) is 0 Å². The van der Waals surface area contributed by atoms with Crippen molar-refractivity contribution in [1.29, 1.82) is 0 Å². The number of ether oxygens (including phenoxy) is 1. The molecule has 0 amide bonds. The molecule has 4 heteroatoms. The fraction of sp³-hybridized carbons (Fsp3) is 0.438. The minimum Gasteiger partial charge on any atom is -0.467 e. The summed E-state index contributed by atoms with van der Waals surface area (Å²) in [5.74, 6) is -0.641. The van der Waals surface area contributed by atoms with E-state index in [4.69, 9.17) is 4.74 Å². The second kappa shape index (κ2) is 4.93. The highest BCUT2D eigenvalue weighted by Gasteiger charge is 2.37. The Balaban J connectivity index is 2.61. The number of methoxy groups -OCH3 is 1. The number of hydrogen-bond acceptors (Lipinski definition) is 3. The number of nitrogens with zero attached hydrogens (tertiary/aromatic N) is 1. The van der Waals surface area contributed by atoms with Crippen molar-refractivity contribution in [2.24, 2.45) is 0 Å². The minimum absolute atomic E-state index is 0.309. The van der Waals surface area contributed by atoms with E-state index in [1.807, 2.05) is 25.7 Å². The first kappa shape index (κ1) is 14.6. The fourth-order valence-corrected chi connectivity index (χ4v) is 3.01. The van der Waals surface area contributed by atoms with Crippen LogP contribution in [0.1, 0.15) is 33.3 Å². The van der Waals surface area contributed by atoms with Crippen LogP contribution >= 0.6 is 0 Å². The monoisotopic (exact) mass is 277 g/mol. The van der Waals surface area contributed by atoms with Crippen LogP contribution < -0.4 is 4.90 Å². The van der Waals surface area contributed by atoms with E-state index >= 15 is 0 Å². The highest BCUT2D eigenvalue weighted by molar-refractivity contribution is 5.87. The highest BCUT2D eigenvalue weighted by Crippen LogP contribution is 2.40. The van der Waals surface area contributed by atoms with Crippen molar-refractivity contribution in [3.63, 3.8) is 0 Å². The zero-order valence-corrected chi connectivity index (χ0v) is 12.5. The van der Waals surface area contributed by atoms with E-state index in [1.54, 1.807) is 13.0 Å². The molecule has 2 rings (SSSR count). The number of carbonyl (C=O) groups is 1. The van der Waals surface area contributed by atoms with E-state index in [0.717, 1.165) is 16.8 Å². The van der Waals surface area contributed by atoms with Crippen LogP contribution in [0.25, 0.3) is 5.57 Å². The van der Waals surface area contributed by atoms with Crippen LogP contribution in [0, 0.1) is 5.82 Å². The Morgan fingerprint density at radius 2 is 2.05 bits per heavy atom. The van der Waals surface area contributed by atoms with Gasteiger partial charge >= 0.3 is 5.97 Å². The summed E-state index contributed by atoms with van der Waals surface area (Å²) in [6, 6.07) is 4.19. The molecule has 20 heavy (non-hydrogen) atoms. The lowest BCUT2D eigenvalue weighted by Gasteiger charge is -2.45. The zero-order valence-electron chi connectivity index (χ0n) is 12.5. The Morgan fingerprint density at radius 1 is 1.40 bits per heavy atom. The van der Waals surface area contributed by atoms with E-state index in [1.165, 1.54) is 19.2 Å². The Labute approximate surface area is 119 Å². The lowest BCUT2D eigenvalue weighted by atomic mass is 9.87. The first-order valence-corrected chi connectivity index (χ1v) is 6.64. The summed E-state index contributed by atoms with van der Waals surface area (Å²) in [6.45, 7) is 7.78. The lowest BCUT2D eigenvalue weighted by Crippen LogP contribution is -2.53. The zero-order chi connectivity index (χ0) is 15.1. The van der Waals surface area contributed by atoms with Crippen molar-refractivity contribution in [2.45, 2.75) is 39.3 Å². The topological polar surface area (TPSA) is 29.5 Å². The molecule has 0 unspecified atom stereocenters. The van der Waals surface area contributed by atoms with Crippen LogP contribution in [0.4, 0.5) is 10.1 Å². The van der Waals surface area contributed by atoms with Crippen molar-refractivity contribution < 1.29 is 13.9 Å². The summed E-state index contributed by atoms with van der Waals surface area (Å²) in [6.07, 6.45) is 2.09. The second-order valence-corrected chi connectivity index (χ2v) is 5.71. The summed E-state index contributed by atoms with van der Waals surface area (Å²) >= 11 is 0. The summed E-state index contributed by atoms with van der Waals surface area (Å²) in [5, 5.41) is 0. The summed E-state index contributed by atoms with van der Waals surface area (Å²) in [5.41, 5.74) is 2.37. The quantitative estimate of drug-likeness (QED) is 0.776. The number of carbonyl (C=O) groups excluding carboxylic acids is 1. The smallest absolute Gasteiger partial charge is 0.328 e. The average Bonchev–Trinajstić information content (AvgIpc) is 2.35. The third kappa shape index (κ3) is 2.30. The van der Waals surface area contributed by atoms with Crippen LogP contribution in [-0.4, -0.2) is 24.7 Å². The van der Waals surface area contributed by atoms with Crippen LogP contribution in [-0.2, 0) is 9.53 Å². The Hall–Kier alpha value is -1.84. The van der Waals surface area contributed by atoms with Gasteiger partial charge in [0.1, 0.15) is 11.9 Å². The molecule has 1 aromatic carbocycles. The largest absolute Gasteiger partial charge is 0.467 e. The van der Waals surface area contributed by atoms with E-state index in [2.05, 4.69) is 6.08 Å².